The van der Waals surface area contributed by atoms with Crippen LogP contribution in [0, 0.1) is 0 Å². The molecule has 41 heavy (non-hydrogen) atoms. The molecular weight excluding hydrogens is 528 g/mol. The quantitative estimate of drug-likeness (QED) is 0.195. The Morgan fingerprint density at radius 2 is 1.93 bits per heavy atom. The number of benzene rings is 1. The van der Waals surface area contributed by atoms with E-state index in [1.807, 2.05) is 32.3 Å². The first-order chi connectivity index (χ1) is 19.7. The van der Waals surface area contributed by atoms with Crippen molar-refractivity contribution in [3.05, 3.63) is 42.2 Å². The van der Waals surface area contributed by atoms with Gasteiger partial charge in [-0.2, -0.15) is 9.97 Å². The molecule has 13 heteroatoms. The molecular formula is C28H40N8O5. The van der Waals surface area contributed by atoms with Gasteiger partial charge in [0.2, 0.25) is 11.9 Å². The molecule has 0 spiro atoms. The number of aliphatic hydroxyl groups is 4. The van der Waals surface area contributed by atoms with Gasteiger partial charge in [0.25, 0.3) is 0 Å². The van der Waals surface area contributed by atoms with E-state index >= 15 is 0 Å². The lowest BCUT2D eigenvalue weighted by atomic mass is 10.0. The number of aromatic nitrogens is 4. The van der Waals surface area contributed by atoms with E-state index in [0.29, 0.717) is 41.0 Å². The number of nitrogens with one attached hydrogen (secondary N) is 2. The molecule has 1 aromatic carbocycles. The Labute approximate surface area is 238 Å². The van der Waals surface area contributed by atoms with E-state index in [4.69, 9.17) is 9.97 Å². The summed E-state index contributed by atoms with van der Waals surface area (Å²) in [4.78, 5) is 30.5. The molecule has 2 aromatic heterocycles. The number of aliphatic hydroxyl groups excluding tert-OH is 4. The Morgan fingerprint density at radius 3 is 2.59 bits per heavy atom. The molecule has 7 atom stereocenters. The molecule has 1 amide bonds. The maximum atomic E-state index is 12.0. The normalized spacial score (nSPS) is 26.0. The van der Waals surface area contributed by atoms with Crippen LogP contribution in [0.3, 0.4) is 0 Å². The lowest BCUT2D eigenvalue weighted by Crippen LogP contribution is -2.42. The van der Waals surface area contributed by atoms with E-state index < -0.39 is 36.4 Å². The molecule has 13 nitrogen and oxygen atoms in total. The third-order valence-corrected chi connectivity index (χ3v) is 8.30. The highest BCUT2D eigenvalue weighted by Gasteiger charge is 2.44. The number of hydrogen-bond donors (Lipinski definition) is 6. The van der Waals surface area contributed by atoms with Gasteiger partial charge >= 0.3 is 0 Å². The highest BCUT2D eigenvalue weighted by Crippen LogP contribution is 2.35. The smallest absolute Gasteiger partial charge is 0.229 e. The second kappa shape index (κ2) is 12.2. The average Bonchev–Trinajstić information content (AvgIpc) is 3.71. The lowest BCUT2D eigenvalue weighted by Gasteiger charge is -2.25. The Kier molecular flexibility index (Phi) is 8.71. The summed E-state index contributed by atoms with van der Waals surface area (Å²) in [6, 6.07) is 7.41. The predicted molar refractivity (Wildman–Crippen MR) is 153 cm³/mol. The van der Waals surface area contributed by atoms with Crippen LogP contribution < -0.4 is 15.5 Å². The molecule has 1 saturated heterocycles. The Morgan fingerprint density at radius 1 is 1.17 bits per heavy atom. The van der Waals surface area contributed by atoms with Crippen LogP contribution in [0.5, 0.6) is 0 Å². The van der Waals surface area contributed by atoms with Crippen molar-refractivity contribution < 1.29 is 25.2 Å². The van der Waals surface area contributed by atoms with Gasteiger partial charge in [-0.15, -0.1) is 0 Å². The van der Waals surface area contributed by atoms with Crippen LogP contribution in [0.1, 0.15) is 43.9 Å². The topological polar surface area (TPSA) is 172 Å². The molecule has 222 valence electrons. The SMILES string of the molecule is CCC(=O)N[C@H]1C[C@@H](n2cnc3c(N[C@@H](CO)[C@@H](O)c4ccccc4)nc(N4CC[C@@H](N(C)C)C4)nc32)[C@H](O)[C@@H]1O. The van der Waals surface area contributed by atoms with Crippen molar-refractivity contribution in [1.29, 1.82) is 0 Å². The van der Waals surface area contributed by atoms with E-state index in [0.717, 1.165) is 19.5 Å². The molecule has 0 unspecified atom stereocenters. The van der Waals surface area contributed by atoms with Crippen molar-refractivity contribution >= 4 is 28.8 Å². The Hall–Kier alpha value is -3.36. The fourth-order valence-corrected chi connectivity index (χ4v) is 5.75. The van der Waals surface area contributed by atoms with Gasteiger partial charge < -0.3 is 45.4 Å². The van der Waals surface area contributed by atoms with Gasteiger partial charge in [-0.3, -0.25) is 4.79 Å². The standard InChI is InChI=1S/C28H40N8O5/c1-4-21(38)30-18-12-20(25(41)24(18)40)36-15-29-22-26(31-19(14-37)23(39)16-8-6-5-7-9-16)32-28(33-27(22)36)35-11-10-17(13-35)34(2)3/h5-9,15,17-20,23-25,37,39-41H,4,10-14H2,1-3H3,(H,30,38)(H,31,32,33)/t17-,18+,19+,20-,23+,24-,25+/m1/s1. The first kappa shape index (κ1) is 29.1. The van der Waals surface area contributed by atoms with Gasteiger partial charge in [0.15, 0.2) is 17.0 Å². The summed E-state index contributed by atoms with van der Waals surface area (Å²) in [5.41, 5.74) is 1.49. The van der Waals surface area contributed by atoms with E-state index in [-0.39, 0.29) is 18.9 Å². The van der Waals surface area contributed by atoms with Crippen molar-refractivity contribution in [2.75, 3.05) is 44.0 Å². The van der Waals surface area contributed by atoms with Crippen LogP contribution in [0.2, 0.25) is 0 Å². The number of rotatable bonds is 10. The van der Waals surface area contributed by atoms with Crippen molar-refractivity contribution in [2.24, 2.45) is 0 Å². The number of fused-ring (bicyclic) bond motifs is 1. The van der Waals surface area contributed by atoms with Crippen LogP contribution in [0.25, 0.3) is 11.2 Å². The van der Waals surface area contributed by atoms with Crippen molar-refractivity contribution in [3.63, 3.8) is 0 Å². The Balaban J connectivity index is 1.52. The van der Waals surface area contributed by atoms with E-state index in [1.165, 1.54) is 0 Å². The zero-order chi connectivity index (χ0) is 29.3. The molecule has 2 fully saturated rings. The zero-order valence-corrected chi connectivity index (χ0v) is 23.6. The number of imidazole rings is 1. The predicted octanol–water partition coefficient (Wildman–Crippen LogP) is 0.0344. The third-order valence-electron chi connectivity index (χ3n) is 8.30. The van der Waals surface area contributed by atoms with Crippen LogP contribution in [-0.2, 0) is 4.79 Å². The van der Waals surface area contributed by atoms with E-state index in [1.54, 1.807) is 30.0 Å². The highest BCUT2D eigenvalue weighted by atomic mass is 16.3. The number of carbonyl (C=O) groups excluding carboxylic acids is 1. The van der Waals surface area contributed by atoms with Gasteiger partial charge in [0.05, 0.1) is 31.1 Å². The maximum absolute atomic E-state index is 12.0. The van der Waals surface area contributed by atoms with Crippen LogP contribution in [0.4, 0.5) is 11.8 Å². The fourth-order valence-electron chi connectivity index (χ4n) is 5.75. The van der Waals surface area contributed by atoms with Crippen molar-refractivity contribution in [2.45, 2.75) is 68.7 Å². The van der Waals surface area contributed by atoms with Crippen LogP contribution in [0.15, 0.2) is 36.7 Å². The summed E-state index contributed by atoms with van der Waals surface area (Å²) < 4.78 is 1.72. The number of amides is 1. The van der Waals surface area contributed by atoms with Gasteiger partial charge in [0.1, 0.15) is 18.3 Å². The first-order valence-electron chi connectivity index (χ1n) is 14.1. The van der Waals surface area contributed by atoms with Crippen molar-refractivity contribution in [1.82, 2.24) is 29.7 Å². The van der Waals surface area contributed by atoms with E-state index in [2.05, 4.69) is 25.4 Å². The molecule has 5 rings (SSSR count). The first-order valence-corrected chi connectivity index (χ1v) is 14.1. The average molecular weight is 569 g/mol. The zero-order valence-electron chi connectivity index (χ0n) is 23.6. The number of likely N-dealkylation sites (N-methyl/N-ethyl adjacent to an activating group) is 1. The van der Waals surface area contributed by atoms with Crippen molar-refractivity contribution in [3.8, 4) is 0 Å². The summed E-state index contributed by atoms with van der Waals surface area (Å²) in [6.07, 6.45) is -0.266. The minimum absolute atomic E-state index is 0.204. The summed E-state index contributed by atoms with van der Waals surface area (Å²) in [7, 11) is 4.08. The molecule has 1 aliphatic carbocycles. The van der Waals surface area contributed by atoms with Crippen LogP contribution >= 0.6 is 0 Å². The van der Waals surface area contributed by atoms with Gasteiger partial charge in [-0.05, 0) is 32.5 Å². The van der Waals surface area contributed by atoms with E-state index in [9.17, 15) is 25.2 Å². The van der Waals surface area contributed by atoms with Gasteiger partial charge in [0, 0.05) is 25.6 Å². The summed E-state index contributed by atoms with van der Waals surface area (Å²) in [5, 5.41) is 49.0. The summed E-state index contributed by atoms with van der Waals surface area (Å²) in [5.74, 6) is 0.598. The molecule has 0 bridgehead atoms. The molecule has 1 aliphatic heterocycles. The second-order valence-corrected chi connectivity index (χ2v) is 11.1. The third kappa shape index (κ3) is 5.86. The number of carbonyl (C=O) groups is 1. The van der Waals surface area contributed by atoms with Gasteiger partial charge in [-0.25, -0.2) is 4.98 Å². The highest BCUT2D eigenvalue weighted by molar-refractivity contribution is 5.85. The minimum atomic E-state index is -1.15. The molecule has 2 aliphatic rings. The number of nitrogens with zero attached hydrogens (tertiary/aromatic N) is 6. The molecule has 3 heterocycles. The monoisotopic (exact) mass is 568 g/mol. The molecule has 0 radical (unpaired) electrons. The molecule has 1 saturated carbocycles. The van der Waals surface area contributed by atoms with Gasteiger partial charge in [-0.1, -0.05) is 37.3 Å². The molecule has 3 aromatic rings. The fraction of sp³-hybridized carbons (Fsp3) is 0.571. The van der Waals surface area contributed by atoms with Crippen LogP contribution in [-0.4, -0.2) is 115 Å². The number of anilines is 2. The largest absolute Gasteiger partial charge is 0.394 e. The lowest BCUT2D eigenvalue weighted by molar-refractivity contribution is -0.122. The number of hydrogen-bond acceptors (Lipinski definition) is 11. The Bertz CT molecular complexity index is 1340. The summed E-state index contributed by atoms with van der Waals surface area (Å²) >= 11 is 0. The maximum Gasteiger partial charge on any atom is 0.229 e. The summed E-state index contributed by atoms with van der Waals surface area (Å²) in [6.45, 7) is 2.83. The minimum Gasteiger partial charge on any atom is -0.394 e. The second-order valence-electron chi connectivity index (χ2n) is 11.1. The molecule has 6 N–H and O–H groups in total.